The average Bonchev–Trinajstić information content (AvgIpc) is 2.47. The van der Waals surface area contributed by atoms with Gasteiger partial charge in [0.2, 0.25) is 0 Å². The van der Waals surface area contributed by atoms with E-state index < -0.39 is 0 Å². The fourth-order valence-corrected chi connectivity index (χ4v) is 2.10. The minimum Gasteiger partial charge on any atom is -0.486 e. The van der Waals surface area contributed by atoms with E-state index in [0.29, 0.717) is 19.8 Å². The Morgan fingerprint density at radius 2 is 1.67 bits per heavy atom. The zero-order valence-corrected chi connectivity index (χ0v) is 10.1. The third kappa shape index (κ3) is 2.05. The molecule has 2 aromatic carbocycles. The predicted octanol–water partition coefficient (Wildman–Crippen LogP) is 2.58. The molecule has 18 heavy (non-hydrogen) atoms. The fourth-order valence-electron chi connectivity index (χ4n) is 2.10. The molecule has 3 heteroatoms. The van der Waals surface area contributed by atoms with Crippen molar-refractivity contribution in [3.8, 4) is 22.6 Å². The minimum absolute atomic E-state index is 0.554. The molecule has 0 aliphatic carbocycles. The van der Waals surface area contributed by atoms with Gasteiger partial charge in [-0.3, -0.25) is 0 Å². The first-order valence-corrected chi connectivity index (χ1v) is 6.06. The maximum absolute atomic E-state index is 5.66. The van der Waals surface area contributed by atoms with E-state index in [4.69, 9.17) is 15.2 Å². The number of benzene rings is 2. The molecule has 1 aliphatic rings. The van der Waals surface area contributed by atoms with Crippen LogP contribution >= 0.6 is 0 Å². The molecule has 0 saturated carbocycles. The van der Waals surface area contributed by atoms with Gasteiger partial charge in [0.25, 0.3) is 0 Å². The number of fused-ring (bicyclic) bond motifs is 1. The van der Waals surface area contributed by atoms with Crippen molar-refractivity contribution < 1.29 is 9.47 Å². The first-order chi connectivity index (χ1) is 8.86. The van der Waals surface area contributed by atoms with E-state index in [0.717, 1.165) is 28.2 Å². The standard InChI is InChI=1S/C15H15NO2/c16-10-11-2-1-3-12(8-11)13-4-5-14-15(9-13)18-7-6-17-14/h1-5,8-9H,6-7,10,16H2. The summed E-state index contributed by atoms with van der Waals surface area (Å²) in [4.78, 5) is 0. The number of rotatable bonds is 2. The van der Waals surface area contributed by atoms with Crippen LogP contribution in [0.15, 0.2) is 42.5 Å². The SMILES string of the molecule is NCc1cccc(-c2ccc3c(c2)OCCO3)c1. The fraction of sp³-hybridized carbons (Fsp3) is 0.200. The van der Waals surface area contributed by atoms with Gasteiger partial charge in [-0.1, -0.05) is 24.3 Å². The molecule has 92 valence electrons. The lowest BCUT2D eigenvalue weighted by Gasteiger charge is -2.19. The zero-order valence-electron chi connectivity index (χ0n) is 10.1. The molecule has 3 nitrogen and oxygen atoms in total. The maximum Gasteiger partial charge on any atom is 0.161 e. The predicted molar refractivity (Wildman–Crippen MR) is 70.8 cm³/mol. The second-order valence-electron chi connectivity index (χ2n) is 4.26. The van der Waals surface area contributed by atoms with Gasteiger partial charge in [-0.15, -0.1) is 0 Å². The van der Waals surface area contributed by atoms with E-state index in [9.17, 15) is 0 Å². The highest BCUT2D eigenvalue weighted by atomic mass is 16.6. The van der Waals surface area contributed by atoms with Crippen LogP contribution in [-0.2, 0) is 6.54 Å². The normalized spacial score (nSPS) is 13.4. The molecule has 0 atom stereocenters. The Bertz CT molecular complexity index is 566. The number of hydrogen-bond acceptors (Lipinski definition) is 3. The molecule has 0 radical (unpaired) electrons. The van der Waals surface area contributed by atoms with Gasteiger partial charge in [-0.2, -0.15) is 0 Å². The van der Waals surface area contributed by atoms with Gasteiger partial charge in [0.15, 0.2) is 11.5 Å². The molecule has 2 N–H and O–H groups in total. The van der Waals surface area contributed by atoms with Crippen molar-refractivity contribution >= 4 is 0 Å². The Balaban J connectivity index is 2.00. The molecular weight excluding hydrogens is 226 g/mol. The monoisotopic (exact) mass is 241 g/mol. The van der Waals surface area contributed by atoms with Crippen LogP contribution in [0.5, 0.6) is 11.5 Å². The van der Waals surface area contributed by atoms with Crippen molar-refractivity contribution in [3.05, 3.63) is 48.0 Å². The van der Waals surface area contributed by atoms with Gasteiger partial charge >= 0.3 is 0 Å². The second-order valence-corrected chi connectivity index (χ2v) is 4.26. The second kappa shape index (κ2) is 4.70. The summed E-state index contributed by atoms with van der Waals surface area (Å²) in [5, 5.41) is 0. The lowest BCUT2D eigenvalue weighted by atomic mass is 10.0. The van der Waals surface area contributed by atoms with Crippen molar-refractivity contribution in [1.82, 2.24) is 0 Å². The van der Waals surface area contributed by atoms with E-state index >= 15 is 0 Å². The topological polar surface area (TPSA) is 44.5 Å². The van der Waals surface area contributed by atoms with Gasteiger partial charge in [0.1, 0.15) is 13.2 Å². The summed E-state index contributed by atoms with van der Waals surface area (Å²) >= 11 is 0. The van der Waals surface area contributed by atoms with E-state index in [-0.39, 0.29) is 0 Å². The smallest absolute Gasteiger partial charge is 0.161 e. The van der Waals surface area contributed by atoms with Crippen LogP contribution < -0.4 is 15.2 Å². The van der Waals surface area contributed by atoms with Gasteiger partial charge in [-0.25, -0.2) is 0 Å². The highest BCUT2D eigenvalue weighted by Crippen LogP contribution is 2.34. The minimum atomic E-state index is 0.554. The van der Waals surface area contributed by atoms with E-state index in [1.54, 1.807) is 0 Å². The number of ether oxygens (including phenoxy) is 2. The molecule has 0 saturated heterocycles. The van der Waals surface area contributed by atoms with Crippen molar-refractivity contribution in [2.75, 3.05) is 13.2 Å². The van der Waals surface area contributed by atoms with Gasteiger partial charge < -0.3 is 15.2 Å². The van der Waals surface area contributed by atoms with Gasteiger partial charge in [-0.05, 0) is 34.9 Å². The van der Waals surface area contributed by atoms with Crippen LogP contribution in [0.4, 0.5) is 0 Å². The molecule has 0 unspecified atom stereocenters. The summed E-state index contributed by atoms with van der Waals surface area (Å²) in [6, 6.07) is 14.2. The molecule has 3 rings (SSSR count). The van der Waals surface area contributed by atoms with Crippen LogP contribution in [0, 0.1) is 0 Å². The summed E-state index contributed by atoms with van der Waals surface area (Å²) in [7, 11) is 0. The van der Waals surface area contributed by atoms with Crippen LogP contribution in [0.3, 0.4) is 0 Å². The first-order valence-electron chi connectivity index (χ1n) is 6.06. The largest absolute Gasteiger partial charge is 0.486 e. The molecule has 0 aromatic heterocycles. The highest BCUT2D eigenvalue weighted by molar-refractivity contribution is 5.68. The Morgan fingerprint density at radius 3 is 2.50 bits per heavy atom. The first kappa shape index (κ1) is 11.1. The molecule has 2 aromatic rings. The summed E-state index contributed by atoms with van der Waals surface area (Å²) < 4.78 is 11.1. The van der Waals surface area contributed by atoms with E-state index in [2.05, 4.69) is 12.1 Å². The molecule has 0 fully saturated rings. The van der Waals surface area contributed by atoms with E-state index in [1.165, 1.54) is 0 Å². The lowest BCUT2D eigenvalue weighted by molar-refractivity contribution is 0.171. The lowest BCUT2D eigenvalue weighted by Crippen LogP contribution is -2.15. The van der Waals surface area contributed by atoms with Gasteiger partial charge in [0.05, 0.1) is 0 Å². The Hall–Kier alpha value is -2.00. The molecule has 1 aliphatic heterocycles. The Kier molecular flexibility index (Phi) is 2.90. The van der Waals surface area contributed by atoms with Crippen molar-refractivity contribution in [1.29, 1.82) is 0 Å². The third-order valence-corrected chi connectivity index (χ3v) is 3.04. The molecule has 1 heterocycles. The quantitative estimate of drug-likeness (QED) is 0.879. The summed E-state index contributed by atoms with van der Waals surface area (Å²) in [6.07, 6.45) is 0. The van der Waals surface area contributed by atoms with Crippen molar-refractivity contribution in [3.63, 3.8) is 0 Å². The molecule has 0 bridgehead atoms. The molecular formula is C15H15NO2. The number of nitrogens with two attached hydrogens (primary N) is 1. The summed E-state index contributed by atoms with van der Waals surface area (Å²) in [6.45, 7) is 1.78. The third-order valence-electron chi connectivity index (χ3n) is 3.04. The zero-order chi connectivity index (χ0) is 12.4. The molecule has 0 spiro atoms. The summed E-state index contributed by atoms with van der Waals surface area (Å²) in [5.41, 5.74) is 9.06. The average molecular weight is 241 g/mol. The Labute approximate surface area is 106 Å². The van der Waals surface area contributed by atoms with Crippen molar-refractivity contribution in [2.45, 2.75) is 6.54 Å². The van der Waals surface area contributed by atoms with Crippen LogP contribution in [0.25, 0.3) is 11.1 Å². The maximum atomic E-state index is 5.66. The van der Waals surface area contributed by atoms with E-state index in [1.807, 2.05) is 30.3 Å². The molecule has 0 amide bonds. The van der Waals surface area contributed by atoms with Crippen LogP contribution in [0.2, 0.25) is 0 Å². The highest BCUT2D eigenvalue weighted by Gasteiger charge is 2.12. The van der Waals surface area contributed by atoms with Gasteiger partial charge in [0, 0.05) is 6.54 Å². The van der Waals surface area contributed by atoms with Crippen molar-refractivity contribution in [2.24, 2.45) is 5.73 Å². The summed E-state index contributed by atoms with van der Waals surface area (Å²) in [5.74, 6) is 1.64. The van der Waals surface area contributed by atoms with Crippen LogP contribution in [0.1, 0.15) is 5.56 Å². The number of hydrogen-bond donors (Lipinski definition) is 1. The van der Waals surface area contributed by atoms with Crippen LogP contribution in [-0.4, -0.2) is 13.2 Å². The Morgan fingerprint density at radius 1 is 0.889 bits per heavy atom.